The van der Waals surface area contributed by atoms with E-state index in [0.717, 1.165) is 48.3 Å². The van der Waals surface area contributed by atoms with Gasteiger partial charge in [0.2, 0.25) is 11.9 Å². The van der Waals surface area contributed by atoms with E-state index in [9.17, 15) is 9.59 Å². The number of rotatable bonds is 9. The van der Waals surface area contributed by atoms with Crippen LogP contribution in [0.15, 0.2) is 61.4 Å². The molecule has 11 heteroatoms. The van der Waals surface area contributed by atoms with Crippen LogP contribution in [0.2, 0.25) is 0 Å². The number of benzene rings is 2. The van der Waals surface area contributed by atoms with Gasteiger partial charge in [0.05, 0.1) is 36.0 Å². The first kappa shape index (κ1) is 29.2. The standard InChI is InChI=1S/C33H37N7O4/c1-6-30(41)36-26-11-27(29(43-5)12-28(26)40-17-20-15-39(4)16-21(20)18-40)37-33-35-14-24(32(42)44-19(2)3)31(38-33)23-13-34-25-10-8-7-9-22(23)25/h6-14,19-21,34H,1,15-18H2,2-5H3,(H,36,41)(H,35,37,38)/t20-,21+. The van der Waals surface area contributed by atoms with Crippen molar-refractivity contribution in [1.29, 1.82) is 0 Å². The molecule has 2 fully saturated rings. The number of hydrogen-bond donors (Lipinski definition) is 3. The van der Waals surface area contributed by atoms with Crippen molar-refractivity contribution in [2.75, 3.05) is 55.9 Å². The first-order valence-electron chi connectivity index (χ1n) is 14.7. The second-order valence-electron chi connectivity index (χ2n) is 11.7. The average molecular weight is 596 g/mol. The third-order valence-corrected chi connectivity index (χ3v) is 8.21. The van der Waals surface area contributed by atoms with Gasteiger partial charge in [-0.2, -0.15) is 0 Å². The number of para-hydroxylation sites is 1. The van der Waals surface area contributed by atoms with Crippen LogP contribution in [0, 0.1) is 11.8 Å². The van der Waals surface area contributed by atoms with Gasteiger partial charge in [-0.1, -0.05) is 24.8 Å². The minimum Gasteiger partial charge on any atom is -0.494 e. The number of H-pyrrole nitrogens is 1. The van der Waals surface area contributed by atoms with Crippen LogP contribution < -0.4 is 20.3 Å². The summed E-state index contributed by atoms with van der Waals surface area (Å²) >= 11 is 0. The number of nitrogens with zero attached hydrogens (tertiary/aromatic N) is 4. The summed E-state index contributed by atoms with van der Waals surface area (Å²) in [6.45, 7) is 11.1. The molecule has 0 radical (unpaired) electrons. The zero-order valence-electron chi connectivity index (χ0n) is 25.4. The van der Waals surface area contributed by atoms with E-state index < -0.39 is 5.97 Å². The Morgan fingerprint density at radius 1 is 1.11 bits per heavy atom. The van der Waals surface area contributed by atoms with E-state index >= 15 is 0 Å². The second kappa shape index (κ2) is 12.0. The predicted octanol–water partition coefficient (Wildman–Crippen LogP) is 5.06. The number of fused-ring (bicyclic) bond motifs is 2. The van der Waals surface area contributed by atoms with Gasteiger partial charge in [0.1, 0.15) is 11.3 Å². The summed E-state index contributed by atoms with van der Waals surface area (Å²) in [6.07, 6.45) is 4.24. The topological polar surface area (TPSA) is 125 Å². The van der Waals surface area contributed by atoms with Gasteiger partial charge >= 0.3 is 5.97 Å². The van der Waals surface area contributed by atoms with Crippen molar-refractivity contribution in [3.05, 3.63) is 67.0 Å². The monoisotopic (exact) mass is 595 g/mol. The normalized spacial score (nSPS) is 18.0. The van der Waals surface area contributed by atoms with Crippen LogP contribution in [0.5, 0.6) is 5.75 Å². The molecular formula is C33H37N7O4. The average Bonchev–Trinajstić information content (AvgIpc) is 3.70. The van der Waals surface area contributed by atoms with Gasteiger partial charge in [0, 0.05) is 61.1 Å². The molecule has 4 aromatic rings. The molecule has 2 saturated heterocycles. The molecule has 2 aliphatic heterocycles. The Morgan fingerprint density at radius 2 is 1.86 bits per heavy atom. The predicted molar refractivity (Wildman–Crippen MR) is 172 cm³/mol. The fraction of sp³-hybridized carbons (Fsp3) is 0.333. The van der Waals surface area contributed by atoms with Gasteiger partial charge in [-0.25, -0.2) is 14.8 Å². The Hall–Kier alpha value is -4.90. The van der Waals surface area contributed by atoms with E-state index in [1.165, 1.54) is 12.3 Å². The Morgan fingerprint density at radius 3 is 2.57 bits per heavy atom. The number of carbonyl (C=O) groups is 2. The lowest BCUT2D eigenvalue weighted by molar-refractivity contribution is -0.111. The van der Waals surface area contributed by atoms with Gasteiger partial charge in [0.25, 0.3) is 0 Å². The second-order valence-corrected chi connectivity index (χ2v) is 11.7. The lowest BCUT2D eigenvalue weighted by Crippen LogP contribution is -2.27. The molecule has 6 rings (SSSR count). The first-order chi connectivity index (χ1) is 21.2. The Kier molecular flexibility index (Phi) is 7.96. The first-order valence-corrected chi connectivity index (χ1v) is 14.7. The highest BCUT2D eigenvalue weighted by Gasteiger charge is 2.39. The molecule has 44 heavy (non-hydrogen) atoms. The molecule has 0 bridgehead atoms. The van der Waals surface area contributed by atoms with Crippen LogP contribution in [-0.2, 0) is 9.53 Å². The molecule has 2 aromatic heterocycles. The van der Waals surface area contributed by atoms with Crippen molar-refractivity contribution in [3.63, 3.8) is 0 Å². The maximum atomic E-state index is 13.1. The zero-order chi connectivity index (χ0) is 31.0. The van der Waals surface area contributed by atoms with Crippen LogP contribution in [0.1, 0.15) is 24.2 Å². The van der Waals surface area contributed by atoms with Crippen molar-refractivity contribution in [3.8, 4) is 17.0 Å². The molecular weight excluding hydrogens is 558 g/mol. The molecule has 1 amide bonds. The van der Waals surface area contributed by atoms with Crippen molar-refractivity contribution < 1.29 is 19.1 Å². The summed E-state index contributed by atoms with van der Waals surface area (Å²) < 4.78 is 11.3. The Bertz CT molecular complexity index is 1720. The third-order valence-electron chi connectivity index (χ3n) is 8.21. The number of ether oxygens (including phenoxy) is 2. The van der Waals surface area contributed by atoms with Gasteiger partial charge in [-0.05, 0) is 50.9 Å². The molecule has 228 valence electrons. The van der Waals surface area contributed by atoms with Gasteiger partial charge in [-0.3, -0.25) is 4.79 Å². The van der Waals surface area contributed by atoms with E-state index in [1.54, 1.807) is 21.0 Å². The Labute approximate surface area is 256 Å². The number of anilines is 4. The molecule has 0 aliphatic carbocycles. The maximum absolute atomic E-state index is 13.1. The molecule has 2 atom stereocenters. The number of amides is 1. The quantitative estimate of drug-likeness (QED) is 0.180. The van der Waals surface area contributed by atoms with Gasteiger partial charge in [0.15, 0.2) is 0 Å². The number of carbonyl (C=O) groups excluding carboxylic acids is 2. The highest BCUT2D eigenvalue weighted by molar-refractivity contribution is 6.03. The fourth-order valence-corrected chi connectivity index (χ4v) is 6.27. The highest BCUT2D eigenvalue weighted by atomic mass is 16.5. The molecule has 0 saturated carbocycles. The van der Waals surface area contributed by atoms with Gasteiger partial charge in [-0.15, -0.1) is 0 Å². The molecule has 0 spiro atoms. The number of hydrogen-bond acceptors (Lipinski definition) is 9. The van der Waals surface area contributed by atoms with E-state index in [0.29, 0.717) is 34.7 Å². The third kappa shape index (κ3) is 5.70. The van der Waals surface area contributed by atoms with Crippen molar-refractivity contribution in [2.24, 2.45) is 11.8 Å². The van der Waals surface area contributed by atoms with Crippen LogP contribution in [-0.4, -0.2) is 78.2 Å². The molecule has 2 aliphatic rings. The van der Waals surface area contributed by atoms with E-state index in [-0.39, 0.29) is 23.5 Å². The van der Waals surface area contributed by atoms with Crippen molar-refractivity contribution >= 4 is 45.8 Å². The minimum atomic E-state index is -0.509. The molecule has 11 nitrogen and oxygen atoms in total. The number of aromatic nitrogens is 3. The number of aromatic amines is 1. The zero-order valence-corrected chi connectivity index (χ0v) is 25.4. The maximum Gasteiger partial charge on any atom is 0.342 e. The minimum absolute atomic E-state index is 0.247. The molecule has 0 unspecified atom stereocenters. The van der Waals surface area contributed by atoms with Crippen LogP contribution in [0.4, 0.5) is 23.0 Å². The van der Waals surface area contributed by atoms with Crippen molar-refractivity contribution in [1.82, 2.24) is 19.9 Å². The SMILES string of the molecule is C=CC(=O)Nc1cc(Nc2ncc(C(=O)OC(C)C)c(-c3c[nH]c4ccccc34)n2)c(OC)cc1N1C[C@H]2CN(C)C[C@H]2C1. The number of methoxy groups -OCH3 is 1. The Balaban J connectivity index is 1.39. The van der Waals surface area contributed by atoms with E-state index in [4.69, 9.17) is 14.5 Å². The number of esters is 1. The van der Waals surface area contributed by atoms with Crippen LogP contribution >= 0.6 is 0 Å². The summed E-state index contributed by atoms with van der Waals surface area (Å²) in [4.78, 5) is 42.8. The highest BCUT2D eigenvalue weighted by Crippen LogP contribution is 2.42. The summed E-state index contributed by atoms with van der Waals surface area (Å²) in [5.74, 6) is 1.13. The smallest absolute Gasteiger partial charge is 0.342 e. The van der Waals surface area contributed by atoms with Gasteiger partial charge < -0.3 is 34.9 Å². The summed E-state index contributed by atoms with van der Waals surface area (Å²) in [5.41, 5.74) is 4.39. The summed E-state index contributed by atoms with van der Waals surface area (Å²) in [7, 11) is 3.76. The summed E-state index contributed by atoms with van der Waals surface area (Å²) in [5, 5.41) is 7.15. The molecule has 3 N–H and O–H groups in total. The van der Waals surface area contributed by atoms with Crippen LogP contribution in [0.3, 0.4) is 0 Å². The number of nitrogens with one attached hydrogen (secondary N) is 3. The number of likely N-dealkylation sites (tertiary alicyclic amines) is 1. The molecule has 4 heterocycles. The largest absolute Gasteiger partial charge is 0.494 e. The fourth-order valence-electron chi connectivity index (χ4n) is 6.27. The lowest BCUT2D eigenvalue weighted by atomic mass is 10.0. The van der Waals surface area contributed by atoms with E-state index in [1.807, 2.05) is 42.6 Å². The lowest BCUT2D eigenvalue weighted by Gasteiger charge is -2.26. The van der Waals surface area contributed by atoms with Crippen molar-refractivity contribution in [2.45, 2.75) is 20.0 Å². The summed E-state index contributed by atoms with van der Waals surface area (Å²) in [6, 6.07) is 11.6. The van der Waals surface area contributed by atoms with E-state index in [2.05, 4.69) is 44.0 Å². The van der Waals surface area contributed by atoms with Crippen LogP contribution in [0.25, 0.3) is 22.2 Å². The molecule has 2 aromatic carbocycles.